The molecule has 0 aliphatic rings. The number of anilines is 1. The molecule has 0 radical (unpaired) electrons. The van der Waals surface area contributed by atoms with Gasteiger partial charge in [0.05, 0.1) is 32.6 Å². The molecular weight excluding hydrogens is 359 g/mol. The van der Waals surface area contributed by atoms with E-state index >= 15 is 0 Å². The van der Waals surface area contributed by atoms with Gasteiger partial charge >= 0.3 is 0 Å². The van der Waals surface area contributed by atoms with E-state index in [4.69, 9.17) is 34.8 Å². The number of para-hydroxylation sites is 1. The molecule has 0 aliphatic carbocycles. The Morgan fingerprint density at radius 2 is 1.70 bits per heavy atom. The van der Waals surface area contributed by atoms with Crippen LogP contribution in [0.1, 0.15) is 10.5 Å². The molecule has 1 heterocycles. The molecule has 0 aliphatic heterocycles. The average molecular weight is 368 g/mol. The second-order valence-electron chi connectivity index (χ2n) is 4.58. The van der Waals surface area contributed by atoms with Crippen molar-refractivity contribution < 1.29 is 4.79 Å². The number of carbonyl (C=O) groups excluding carboxylic acids is 1. The van der Waals surface area contributed by atoms with Gasteiger partial charge in [0.2, 0.25) is 0 Å². The summed E-state index contributed by atoms with van der Waals surface area (Å²) in [5.74, 6) is -0.451. The Morgan fingerprint density at radius 3 is 2.43 bits per heavy atom. The van der Waals surface area contributed by atoms with E-state index in [1.165, 1.54) is 23.0 Å². The summed E-state index contributed by atoms with van der Waals surface area (Å²) in [6.45, 7) is 0. The average Bonchev–Trinajstić information content (AvgIpc) is 3.03. The number of aromatic nitrogens is 3. The van der Waals surface area contributed by atoms with Gasteiger partial charge in [0.1, 0.15) is 0 Å². The zero-order chi connectivity index (χ0) is 16.4. The molecule has 0 saturated heterocycles. The number of amides is 1. The molecule has 3 aromatic rings. The van der Waals surface area contributed by atoms with E-state index in [1.807, 2.05) is 30.3 Å². The molecule has 3 rings (SSSR count). The number of rotatable bonds is 3. The van der Waals surface area contributed by atoms with Crippen molar-refractivity contribution in [1.82, 2.24) is 15.0 Å². The van der Waals surface area contributed by atoms with E-state index in [1.54, 1.807) is 0 Å². The van der Waals surface area contributed by atoms with Crippen LogP contribution in [0.3, 0.4) is 0 Å². The minimum Gasteiger partial charge on any atom is -0.319 e. The van der Waals surface area contributed by atoms with E-state index < -0.39 is 5.91 Å². The van der Waals surface area contributed by atoms with Crippen LogP contribution in [-0.4, -0.2) is 20.9 Å². The van der Waals surface area contributed by atoms with Crippen LogP contribution in [0.2, 0.25) is 15.1 Å². The first kappa shape index (κ1) is 15.8. The number of nitrogens with one attached hydrogen (secondary N) is 1. The van der Waals surface area contributed by atoms with Crippen molar-refractivity contribution in [2.45, 2.75) is 0 Å². The molecule has 23 heavy (non-hydrogen) atoms. The number of benzene rings is 2. The molecule has 0 spiro atoms. The van der Waals surface area contributed by atoms with Gasteiger partial charge in [-0.2, -0.15) is 0 Å². The Morgan fingerprint density at radius 1 is 1.00 bits per heavy atom. The third-order valence-corrected chi connectivity index (χ3v) is 4.04. The van der Waals surface area contributed by atoms with Crippen LogP contribution < -0.4 is 5.32 Å². The van der Waals surface area contributed by atoms with Crippen LogP contribution in [0, 0.1) is 0 Å². The summed E-state index contributed by atoms with van der Waals surface area (Å²) >= 11 is 17.8. The van der Waals surface area contributed by atoms with Crippen LogP contribution in [0.15, 0.2) is 48.7 Å². The highest BCUT2D eigenvalue weighted by Crippen LogP contribution is 2.32. The first-order chi connectivity index (χ1) is 11.0. The zero-order valence-electron chi connectivity index (χ0n) is 11.5. The molecule has 2 aromatic carbocycles. The molecule has 0 fully saturated rings. The third-order valence-electron chi connectivity index (χ3n) is 3.00. The van der Waals surface area contributed by atoms with Crippen molar-refractivity contribution >= 4 is 46.4 Å². The lowest BCUT2D eigenvalue weighted by molar-refractivity contribution is 0.102. The first-order valence-electron chi connectivity index (χ1n) is 6.48. The third kappa shape index (κ3) is 3.47. The molecular formula is C15H9Cl3N4O. The topological polar surface area (TPSA) is 59.8 Å². The molecule has 8 heteroatoms. The predicted molar refractivity (Wildman–Crippen MR) is 90.8 cm³/mol. The maximum absolute atomic E-state index is 12.2. The van der Waals surface area contributed by atoms with E-state index in [-0.39, 0.29) is 10.7 Å². The van der Waals surface area contributed by atoms with Crippen molar-refractivity contribution in [3.8, 4) is 5.69 Å². The van der Waals surface area contributed by atoms with Gasteiger partial charge in [-0.15, -0.1) is 5.10 Å². The fraction of sp³-hybridized carbons (Fsp3) is 0. The Bertz CT molecular complexity index is 864. The van der Waals surface area contributed by atoms with Crippen LogP contribution in [0.25, 0.3) is 5.69 Å². The van der Waals surface area contributed by atoms with E-state index in [0.717, 1.165) is 5.69 Å². The summed E-state index contributed by atoms with van der Waals surface area (Å²) in [6, 6.07) is 12.3. The molecule has 116 valence electrons. The minimum atomic E-state index is -0.451. The van der Waals surface area contributed by atoms with Gasteiger partial charge < -0.3 is 5.32 Å². The fourth-order valence-electron chi connectivity index (χ4n) is 1.88. The number of nitrogens with zero attached hydrogens (tertiary/aromatic N) is 3. The molecule has 0 unspecified atom stereocenters. The SMILES string of the molecule is O=C(Nc1cc(Cl)c(Cl)cc1Cl)c1cn(-c2ccccc2)nn1. The van der Waals surface area contributed by atoms with Crippen molar-refractivity contribution in [2.75, 3.05) is 5.32 Å². The highest BCUT2D eigenvalue weighted by atomic mass is 35.5. The van der Waals surface area contributed by atoms with Gasteiger partial charge in [0, 0.05) is 0 Å². The van der Waals surface area contributed by atoms with Crippen LogP contribution in [-0.2, 0) is 0 Å². The van der Waals surface area contributed by atoms with Gasteiger partial charge in [-0.05, 0) is 24.3 Å². The minimum absolute atomic E-state index is 0.149. The Kier molecular flexibility index (Phi) is 4.52. The second-order valence-corrected chi connectivity index (χ2v) is 5.81. The summed E-state index contributed by atoms with van der Waals surface area (Å²) in [5.41, 5.74) is 1.29. The van der Waals surface area contributed by atoms with Crippen molar-refractivity contribution in [3.05, 3.63) is 69.4 Å². The lowest BCUT2D eigenvalue weighted by atomic mass is 10.3. The second kappa shape index (κ2) is 6.58. The lowest BCUT2D eigenvalue weighted by Crippen LogP contribution is -2.12. The highest BCUT2D eigenvalue weighted by molar-refractivity contribution is 6.44. The van der Waals surface area contributed by atoms with Gasteiger partial charge in [-0.1, -0.05) is 58.2 Å². The van der Waals surface area contributed by atoms with Crippen LogP contribution in [0.4, 0.5) is 5.69 Å². The number of halogens is 3. The Labute approximate surface area is 146 Å². The van der Waals surface area contributed by atoms with E-state index in [9.17, 15) is 4.79 Å². The number of hydrogen-bond donors (Lipinski definition) is 1. The molecule has 0 bridgehead atoms. The van der Waals surface area contributed by atoms with E-state index in [0.29, 0.717) is 15.7 Å². The van der Waals surface area contributed by atoms with Gasteiger partial charge in [0.25, 0.3) is 5.91 Å². The monoisotopic (exact) mass is 366 g/mol. The smallest absolute Gasteiger partial charge is 0.277 e. The van der Waals surface area contributed by atoms with E-state index in [2.05, 4.69) is 15.6 Å². The van der Waals surface area contributed by atoms with Crippen molar-refractivity contribution in [2.24, 2.45) is 0 Å². The molecule has 1 aromatic heterocycles. The first-order valence-corrected chi connectivity index (χ1v) is 7.61. The van der Waals surface area contributed by atoms with Crippen molar-refractivity contribution in [3.63, 3.8) is 0 Å². The molecule has 0 saturated carbocycles. The standard InChI is InChI=1S/C15H9Cl3N4O/c16-10-6-12(18)13(7-11(10)17)19-15(23)14-8-22(21-20-14)9-4-2-1-3-5-9/h1-8H,(H,19,23). The van der Waals surface area contributed by atoms with Crippen molar-refractivity contribution in [1.29, 1.82) is 0 Å². The molecule has 0 atom stereocenters. The molecule has 1 amide bonds. The summed E-state index contributed by atoms with van der Waals surface area (Å²) in [5, 5.41) is 11.3. The number of carbonyl (C=O) groups is 1. The normalized spacial score (nSPS) is 10.6. The fourth-order valence-corrected chi connectivity index (χ4v) is 2.47. The lowest BCUT2D eigenvalue weighted by Gasteiger charge is -2.07. The summed E-state index contributed by atoms with van der Waals surface area (Å²) < 4.78 is 1.51. The maximum atomic E-state index is 12.2. The van der Waals surface area contributed by atoms with Gasteiger partial charge in [0.15, 0.2) is 5.69 Å². The maximum Gasteiger partial charge on any atom is 0.277 e. The summed E-state index contributed by atoms with van der Waals surface area (Å²) in [4.78, 5) is 12.2. The Hall–Kier alpha value is -2.08. The van der Waals surface area contributed by atoms with Crippen LogP contribution >= 0.6 is 34.8 Å². The Balaban J connectivity index is 1.82. The molecule has 1 N–H and O–H groups in total. The van der Waals surface area contributed by atoms with Crippen LogP contribution in [0.5, 0.6) is 0 Å². The zero-order valence-corrected chi connectivity index (χ0v) is 13.8. The number of hydrogen-bond acceptors (Lipinski definition) is 3. The highest BCUT2D eigenvalue weighted by Gasteiger charge is 2.14. The molecule has 5 nitrogen and oxygen atoms in total. The predicted octanol–water partition coefficient (Wildman–Crippen LogP) is 4.48. The van der Waals surface area contributed by atoms with Gasteiger partial charge in [-0.25, -0.2) is 4.68 Å². The van der Waals surface area contributed by atoms with Gasteiger partial charge in [-0.3, -0.25) is 4.79 Å². The summed E-state index contributed by atoms with van der Waals surface area (Å²) in [6.07, 6.45) is 1.52. The quantitative estimate of drug-likeness (QED) is 0.694. The largest absolute Gasteiger partial charge is 0.319 e. The summed E-state index contributed by atoms with van der Waals surface area (Å²) in [7, 11) is 0.